The van der Waals surface area contributed by atoms with Gasteiger partial charge in [0.15, 0.2) is 5.13 Å². The molecule has 1 saturated heterocycles. The number of aryl methyl sites for hydroxylation is 1. The van der Waals surface area contributed by atoms with Gasteiger partial charge in [0, 0.05) is 43.1 Å². The van der Waals surface area contributed by atoms with Crippen LogP contribution in [-0.2, 0) is 6.42 Å². The summed E-state index contributed by atoms with van der Waals surface area (Å²) >= 11 is 13.5. The SMILES string of the molecule is CCCCOc1ccc(Cc2nc(N3C[C@@H]4C(NC(=O)c5[nH]c(C)c(Cl)c5Cl)[C@@H]4C3)sc2C(=O)O)cc1. The third-order valence-electron chi connectivity index (χ3n) is 6.99. The first-order chi connectivity index (χ1) is 17.8. The van der Waals surface area contributed by atoms with Gasteiger partial charge in [-0.1, -0.05) is 60.0 Å². The molecule has 0 bridgehead atoms. The van der Waals surface area contributed by atoms with Crippen LogP contribution in [0.15, 0.2) is 24.3 Å². The number of H-pyrrole nitrogens is 1. The number of aromatic amines is 1. The van der Waals surface area contributed by atoms with E-state index >= 15 is 0 Å². The molecule has 196 valence electrons. The van der Waals surface area contributed by atoms with Crippen molar-refractivity contribution in [1.29, 1.82) is 0 Å². The van der Waals surface area contributed by atoms with Gasteiger partial charge in [-0.2, -0.15) is 0 Å². The number of aromatic carboxylic acids is 1. The summed E-state index contributed by atoms with van der Waals surface area (Å²) < 4.78 is 5.71. The van der Waals surface area contributed by atoms with Crippen LogP contribution in [0.3, 0.4) is 0 Å². The summed E-state index contributed by atoms with van der Waals surface area (Å²) in [4.78, 5) is 34.6. The summed E-state index contributed by atoms with van der Waals surface area (Å²) in [5, 5.41) is 14.1. The van der Waals surface area contributed by atoms with Crippen molar-refractivity contribution in [3.8, 4) is 5.75 Å². The second kappa shape index (κ2) is 10.6. The summed E-state index contributed by atoms with van der Waals surface area (Å²) in [6.45, 7) is 5.99. The van der Waals surface area contributed by atoms with E-state index in [0.717, 1.165) is 24.2 Å². The number of piperidine rings is 1. The van der Waals surface area contributed by atoms with Crippen molar-refractivity contribution in [2.45, 2.75) is 39.2 Å². The Morgan fingerprint density at radius 3 is 2.51 bits per heavy atom. The molecular weight excluding hydrogens is 535 g/mol. The number of thiazole rings is 1. The highest BCUT2D eigenvalue weighted by Crippen LogP contribution is 2.48. The van der Waals surface area contributed by atoms with Crippen molar-refractivity contribution < 1.29 is 19.4 Å². The molecule has 37 heavy (non-hydrogen) atoms. The van der Waals surface area contributed by atoms with Crippen molar-refractivity contribution in [1.82, 2.24) is 15.3 Å². The number of carbonyl (C=O) groups excluding carboxylic acids is 1. The number of amides is 1. The molecule has 3 aromatic rings. The van der Waals surface area contributed by atoms with E-state index in [1.54, 1.807) is 6.92 Å². The fourth-order valence-corrected chi connectivity index (χ4v) is 6.20. The Hall–Kier alpha value is -2.75. The van der Waals surface area contributed by atoms with Gasteiger partial charge in [0.1, 0.15) is 16.3 Å². The molecule has 2 aliphatic rings. The standard InChI is InChI=1S/C26H28Cl2N4O4S/c1-3-4-9-36-15-7-5-14(6-8-15)10-18-23(25(34)35)37-26(30-18)32-11-16-17(12-32)21(16)31-24(33)22-20(28)19(27)13(2)29-22/h5-8,16-17,21,29H,3-4,9-12H2,1-2H3,(H,31,33)(H,34,35)/t16-,17+,21?. The number of aromatic nitrogens is 2. The van der Waals surface area contributed by atoms with E-state index in [1.165, 1.54) is 11.3 Å². The fourth-order valence-electron chi connectivity index (χ4n) is 4.84. The molecule has 1 aliphatic heterocycles. The number of carboxylic acid groups (broad SMARTS) is 1. The topological polar surface area (TPSA) is 108 Å². The van der Waals surface area contributed by atoms with Gasteiger partial charge in [0.2, 0.25) is 0 Å². The molecule has 1 aromatic carbocycles. The lowest BCUT2D eigenvalue weighted by molar-refractivity contribution is 0.0700. The average molecular weight is 564 g/mol. The largest absolute Gasteiger partial charge is 0.494 e. The number of fused-ring (bicyclic) bond motifs is 1. The van der Waals surface area contributed by atoms with Crippen LogP contribution in [0.2, 0.25) is 10.0 Å². The number of nitrogens with zero attached hydrogens (tertiary/aromatic N) is 2. The second-order valence-corrected chi connectivity index (χ2v) is 11.3. The molecule has 3 heterocycles. The van der Waals surface area contributed by atoms with E-state index in [2.05, 4.69) is 22.1 Å². The Morgan fingerprint density at radius 2 is 1.92 bits per heavy atom. The lowest BCUT2D eigenvalue weighted by Gasteiger charge is -2.19. The van der Waals surface area contributed by atoms with Gasteiger partial charge in [-0.3, -0.25) is 4.79 Å². The van der Waals surface area contributed by atoms with Crippen LogP contribution in [0, 0.1) is 18.8 Å². The van der Waals surface area contributed by atoms with Crippen LogP contribution in [0.1, 0.15) is 56.9 Å². The molecule has 1 amide bonds. The van der Waals surface area contributed by atoms with Gasteiger partial charge in [-0.15, -0.1) is 0 Å². The van der Waals surface area contributed by atoms with Gasteiger partial charge < -0.3 is 25.0 Å². The van der Waals surface area contributed by atoms with Crippen LogP contribution in [0.4, 0.5) is 5.13 Å². The maximum atomic E-state index is 12.7. The zero-order valence-corrected chi connectivity index (χ0v) is 22.8. The molecule has 11 heteroatoms. The Kier molecular flexibility index (Phi) is 7.38. The Bertz CT molecular complexity index is 1310. The van der Waals surface area contributed by atoms with Crippen molar-refractivity contribution in [2.24, 2.45) is 11.8 Å². The number of hydrogen-bond acceptors (Lipinski definition) is 6. The molecule has 0 spiro atoms. The first kappa shape index (κ1) is 25.9. The fraction of sp³-hybridized carbons (Fsp3) is 0.423. The van der Waals surface area contributed by atoms with Crippen LogP contribution in [0.5, 0.6) is 5.75 Å². The number of benzene rings is 1. The van der Waals surface area contributed by atoms with E-state index in [4.69, 9.17) is 32.9 Å². The summed E-state index contributed by atoms with van der Waals surface area (Å²) in [6.07, 6.45) is 2.52. The van der Waals surface area contributed by atoms with E-state index in [9.17, 15) is 14.7 Å². The third-order valence-corrected chi connectivity index (χ3v) is 9.08. The number of anilines is 1. The van der Waals surface area contributed by atoms with E-state index in [-0.39, 0.29) is 39.4 Å². The summed E-state index contributed by atoms with van der Waals surface area (Å²) in [6, 6.07) is 7.79. The zero-order chi connectivity index (χ0) is 26.3. The number of ether oxygens (including phenoxy) is 1. The summed E-state index contributed by atoms with van der Waals surface area (Å²) in [7, 11) is 0. The lowest BCUT2D eigenvalue weighted by Crippen LogP contribution is -2.34. The Morgan fingerprint density at radius 1 is 1.22 bits per heavy atom. The van der Waals surface area contributed by atoms with Crippen molar-refractivity contribution in [3.63, 3.8) is 0 Å². The monoisotopic (exact) mass is 562 g/mol. The van der Waals surface area contributed by atoms with Gasteiger partial charge in [-0.25, -0.2) is 9.78 Å². The summed E-state index contributed by atoms with van der Waals surface area (Å²) in [5.41, 5.74) is 2.48. The van der Waals surface area contributed by atoms with Crippen LogP contribution < -0.4 is 15.0 Å². The van der Waals surface area contributed by atoms with Crippen LogP contribution >= 0.6 is 34.5 Å². The third kappa shape index (κ3) is 5.30. The molecule has 5 rings (SSSR count). The number of nitrogens with one attached hydrogen (secondary N) is 2. The van der Waals surface area contributed by atoms with Crippen LogP contribution in [-0.4, -0.2) is 52.7 Å². The molecule has 2 aromatic heterocycles. The molecule has 3 atom stereocenters. The number of hydrogen-bond donors (Lipinski definition) is 3. The highest BCUT2D eigenvalue weighted by molar-refractivity contribution is 7.17. The molecule has 0 radical (unpaired) electrons. The quantitative estimate of drug-likeness (QED) is 0.285. The second-order valence-electron chi connectivity index (χ2n) is 9.59. The van der Waals surface area contributed by atoms with E-state index in [0.29, 0.717) is 47.7 Å². The average Bonchev–Trinajstić information content (AvgIpc) is 3.23. The number of carbonyl (C=O) groups is 2. The highest BCUT2D eigenvalue weighted by Gasteiger charge is 2.57. The maximum Gasteiger partial charge on any atom is 0.347 e. The number of unbranched alkanes of at least 4 members (excludes halogenated alkanes) is 1. The minimum atomic E-state index is -0.968. The minimum absolute atomic E-state index is 0.0543. The number of rotatable bonds is 10. The zero-order valence-electron chi connectivity index (χ0n) is 20.5. The first-order valence-corrected chi connectivity index (χ1v) is 13.9. The van der Waals surface area contributed by atoms with Crippen molar-refractivity contribution >= 4 is 51.5 Å². The minimum Gasteiger partial charge on any atom is -0.494 e. The lowest BCUT2D eigenvalue weighted by atomic mass is 10.1. The maximum absolute atomic E-state index is 12.7. The summed E-state index contributed by atoms with van der Waals surface area (Å²) in [5.74, 6) is 0.150. The van der Waals surface area contributed by atoms with Gasteiger partial charge in [0.05, 0.1) is 22.3 Å². The van der Waals surface area contributed by atoms with Crippen molar-refractivity contribution in [3.05, 3.63) is 61.8 Å². The molecule has 8 nitrogen and oxygen atoms in total. The van der Waals surface area contributed by atoms with Gasteiger partial charge in [0.25, 0.3) is 5.91 Å². The molecule has 1 aliphatic carbocycles. The highest BCUT2D eigenvalue weighted by atomic mass is 35.5. The molecule has 2 fully saturated rings. The number of carboxylic acids is 1. The van der Waals surface area contributed by atoms with Crippen LogP contribution in [0.25, 0.3) is 0 Å². The molecule has 1 saturated carbocycles. The number of halogens is 2. The predicted molar refractivity (Wildman–Crippen MR) is 145 cm³/mol. The van der Waals surface area contributed by atoms with E-state index < -0.39 is 5.97 Å². The molecule has 1 unspecified atom stereocenters. The predicted octanol–water partition coefficient (Wildman–Crippen LogP) is 5.42. The Labute approximate surface area is 228 Å². The molecule has 3 N–H and O–H groups in total. The Balaban J connectivity index is 1.20. The molecular formula is C26H28Cl2N4O4S. The smallest absolute Gasteiger partial charge is 0.347 e. The van der Waals surface area contributed by atoms with Gasteiger partial charge in [-0.05, 0) is 31.0 Å². The normalized spacial score (nSPS) is 20.1. The first-order valence-electron chi connectivity index (χ1n) is 12.3. The van der Waals surface area contributed by atoms with E-state index in [1.807, 2.05) is 24.3 Å². The van der Waals surface area contributed by atoms with Gasteiger partial charge >= 0.3 is 5.97 Å². The van der Waals surface area contributed by atoms with Crippen molar-refractivity contribution in [2.75, 3.05) is 24.6 Å².